The minimum atomic E-state index is -4.58. The smallest absolute Gasteiger partial charge is 0.212 e. The summed E-state index contributed by atoms with van der Waals surface area (Å²) in [5.41, 5.74) is -0.717. The molecule has 0 aliphatic carbocycles. The first-order valence-electron chi connectivity index (χ1n) is 5.99. The number of rotatable bonds is 5. The Labute approximate surface area is 126 Å². The van der Waals surface area contributed by atoms with Gasteiger partial charge in [-0.2, -0.15) is 28.0 Å². The molecule has 5 nitrogen and oxygen atoms in total. The number of hydrogen-bond donors (Lipinski definition) is 0. The Kier molecular flexibility index (Phi) is 5.53. The number of hydrogen-bond acceptors (Lipinski definition) is 4. The molecular weight excluding hydrogens is 319 g/mol. The highest BCUT2D eigenvalue weighted by molar-refractivity contribution is 7.88. The van der Waals surface area contributed by atoms with E-state index in [-0.39, 0.29) is 11.1 Å². The fourth-order valence-electron chi connectivity index (χ4n) is 1.82. The first-order valence-corrected chi connectivity index (χ1v) is 7.60. The van der Waals surface area contributed by atoms with Gasteiger partial charge in [0, 0.05) is 0 Å². The zero-order valence-electron chi connectivity index (χ0n) is 11.6. The fraction of sp³-hybridized carbons (Fsp3) is 0.385. The van der Waals surface area contributed by atoms with E-state index in [0.717, 1.165) is 12.1 Å². The van der Waals surface area contributed by atoms with Crippen LogP contribution in [0, 0.1) is 29.6 Å². The standard InChI is InChI=1S/C13H12F3N3O2S/c1-10-6-11(8-12(7-10)13(14,15)16)9-22(20,21)19(4-2-17)5-3-18/h6-8H,4-5,9H2,1H3. The Bertz CT molecular complexity index is 714. The molecule has 0 spiro atoms. The van der Waals surface area contributed by atoms with Gasteiger partial charge in [-0.15, -0.1) is 0 Å². The maximum atomic E-state index is 12.7. The molecule has 0 saturated heterocycles. The zero-order chi connectivity index (χ0) is 17.0. The molecule has 0 heterocycles. The largest absolute Gasteiger partial charge is 0.416 e. The van der Waals surface area contributed by atoms with E-state index in [1.807, 2.05) is 0 Å². The normalized spacial score (nSPS) is 12.0. The van der Waals surface area contributed by atoms with Crippen molar-refractivity contribution >= 4 is 10.0 Å². The number of sulfonamides is 1. The molecule has 1 aromatic carbocycles. The van der Waals surface area contributed by atoms with Crippen LogP contribution in [-0.2, 0) is 22.0 Å². The van der Waals surface area contributed by atoms with E-state index in [4.69, 9.17) is 10.5 Å². The molecule has 0 fully saturated rings. The second kappa shape index (κ2) is 6.77. The van der Waals surface area contributed by atoms with Crippen molar-refractivity contribution in [1.29, 1.82) is 10.5 Å². The predicted molar refractivity (Wildman–Crippen MR) is 71.6 cm³/mol. The first kappa shape index (κ1) is 18.0. The maximum absolute atomic E-state index is 12.7. The van der Waals surface area contributed by atoms with E-state index in [1.165, 1.54) is 13.0 Å². The van der Waals surface area contributed by atoms with Gasteiger partial charge in [-0.1, -0.05) is 11.6 Å². The van der Waals surface area contributed by atoms with Gasteiger partial charge in [-0.3, -0.25) is 0 Å². The first-order chi connectivity index (χ1) is 10.1. The molecule has 0 amide bonds. The second-order valence-electron chi connectivity index (χ2n) is 4.55. The van der Waals surface area contributed by atoms with Crippen molar-refractivity contribution in [3.63, 3.8) is 0 Å². The molecular formula is C13H12F3N3O2S. The van der Waals surface area contributed by atoms with Crippen LogP contribution in [0.15, 0.2) is 18.2 Å². The summed E-state index contributed by atoms with van der Waals surface area (Å²) in [4.78, 5) is 0. The SMILES string of the molecule is Cc1cc(CS(=O)(=O)N(CC#N)CC#N)cc(C(F)(F)F)c1. The third-order valence-electron chi connectivity index (χ3n) is 2.70. The molecule has 1 aromatic rings. The third-order valence-corrected chi connectivity index (χ3v) is 4.44. The molecule has 9 heteroatoms. The summed E-state index contributed by atoms with van der Waals surface area (Å²) < 4.78 is 63.0. The van der Waals surface area contributed by atoms with Crippen molar-refractivity contribution in [3.05, 3.63) is 34.9 Å². The number of nitrogens with zero attached hydrogens (tertiary/aromatic N) is 3. The summed E-state index contributed by atoms with van der Waals surface area (Å²) in [7, 11) is -4.06. The van der Waals surface area contributed by atoms with Crippen molar-refractivity contribution in [1.82, 2.24) is 4.31 Å². The fourth-order valence-corrected chi connectivity index (χ4v) is 3.10. The molecule has 0 unspecified atom stereocenters. The van der Waals surface area contributed by atoms with Crippen LogP contribution in [-0.4, -0.2) is 25.8 Å². The number of benzene rings is 1. The molecule has 0 bridgehead atoms. The van der Waals surface area contributed by atoms with Crippen molar-refractivity contribution in [3.8, 4) is 12.1 Å². The molecule has 22 heavy (non-hydrogen) atoms. The minimum absolute atomic E-state index is 0.0480. The molecule has 0 aromatic heterocycles. The highest BCUT2D eigenvalue weighted by atomic mass is 32.2. The average molecular weight is 331 g/mol. The monoisotopic (exact) mass is 331 g/mol. The summed E-state index contributed by atoms with van der Waals surface area (Å²) in [6.07, 6.45) is -4.58. The van der Waals surface area contributed by atoms with Crippen LogP contribution in [0.2, 0.25) is 0 Å². The number of halogens is 3. The van der Waals surface area contributed by atoms with E-state index in [9.17, 15) is 21.6 Å². The van der Waals surface area contributed by atoms with Gasteiger partial charge in [0.1, 0.15) is 13.1 Å². The Morgan fingerprint density at radius 2 is 1.68 bits per heavy atom. The topological polar surface area (TPSA) is 85.0 Å². The van der Waals surface area contributed by atoms with Gasteiger partial charge in [0.2, 0.25) is 10.0 Å². The van der Waals surface area contributed by atoms with Crippen LogP contribution >= 0.6 is 0 Å². The lowest BCUT2D eigenvalue weighted by Gasteiger charge is -2.17. The van der Waals surface area contributed by atoms with Crippen molar-refractivity contribution in [2.45, 2.75) is 18.9 Å². The van der Waals surface area contributed by atoms with Gasteiger partial charge in [-0.05, 0) is 24.6 Å². The van der Waals surface area contributed by atoms with Gasteiger partial charge in [0.05, 0.1) is 23.5 Å². The summed E-state index contributed by atoms with van der Waals surface area (Å²) >= 11 is 0. The third kappa shape index (κ3) is 4.72. The minimum Gasteiger partial charge on any atom is -0.212 e. The van der Waals surface area contributed by atoms with Crippen LogP contribution in [0.5, 0.6) is 0 Å². The summed E-state index contributed by atoms with van der Waals surface area (Å²) in [5, 5.41) is 17.1. The molecule has 0 saturated carbocycles. The maximum Gasteiger partial charge on any atom is 0.416 e. The number of aryl methyl sites for hydroxylation is 1. The van der Waals surface area contributed by atoms with Crippen LogP contribution in [0.25, 0.3) is 0 Å². The van der Waals surface area contributed by atoms with Gasteiger partial charge in [0.15, 0.2) is 0 Å². The molecule has 118 valence electrons. The zero-order valence-corrected chi connectivity index (χ0v) is 12.4. The van der Waals surface area contributed by atoms with Gasteiger partial charge >= 0.3 is 6.18 Å². The van der Waals surface area contributed by atoms with Crippen LogP contribution in [0.1, 0.15) is 16.7 Å². The molecule has 1 rings (SSSR count). The highest BCUT2D eigenvalue weighted by Crippen LogP contribution is 2.31. The van der Waals surface area contributed by atoms with Crippen LogP contribution in [0.3, 0.4) is 0 Å². The Morgan fingerprint density at radius 1 is 1.14 bits per heavy atom. The summed E-state index contributed by atoms with van der Waals surface area (Å²) in [6, 6.07) is 6.20. The Balaban J connectivity index is 3.16. The number of nitriles is 2. The molecule has 0 aliphatic heterocycles. The Hall–Kier alpha value is -2.10. The lowest BCUT2D eigenvalue weighted by atomic mass is 10.1. The summed E-state index contributed by atoms with van der Waals surface area (Å²) in [5.74, 6) is -0.707. The lowest BCUT2D eigenvalue weighted by molar-refractivity contribution is -0.137. The quantitative estimate of drug-likeness (QED) is 0.774. The van der Waals surface area contributed by atoms with Gasteiger partial charge in [0.25, 0.3) is 0 Å². The molecule has 0 atom stereocenters. The van der Waals surface area contributed by atoms with E-state index in [2.05, 4.69) is 0 Å². The van der Waals surface area contributed by atoms with E-state index in [1.54, 1.807) is 12.1 Å². The second-order valence-corrected chi connectivity index (χ2v) is 6.51. The Morgan fingerprint density at radius 3 is 2.14 bits per heavy atom. The molecule has 0 aliphatic rings. The lowest BCUT2D eigenvalue weighted by Crippen LogP contribution is -2.33. The average Bonchev–Trinajstić information content (AvgIpc) is 2.36. The predicted octanol–water partition coefficient (Wildman–Crippen LogP) is 2.19. The van der Waals surface area contributed by atoms with E-state index in [0.29, 0.717) is 4.31 Å². The molecule has 0 radical (unpaired) electrons. The van der Waals surface area contributed by atoms with Crippen molar-refractivity contribution in [2.24, 2.45) is 0 Å². The number of alkyl halides is 3. The van der Waals surface area contributed by atoms with Gasteiger partial charge < -0.3 is 0 Å². The van der Waals surface area contributed by atoms with E-state index < -0.39 is 40.6 Å². The molecule has 0 N–H and O–H groups in total. The van der Waals surface area contributed by atoms with Crippen LogP contribution < -0.4 is 0 Å². The van der Waals surface area contributed by atoms with Crippen LogP contribution in [0.4, 0.5) is 13.2 Å². The van der Waals surface area contributed by atoms with Crippen molar-refractivity contribution in [2.75, 3.05) is 13.1 Å². The van der Waals surface area contributed by atoms with Crippen molar-refractivity contribution < 1.29 is 21.6 Å². The highest BCUT2D eigenvalue weighted by Gasteiger charge is 2.31. The van der Waals surface area contributed by atoms with E-state index >= 15 is 0 Å². The summed E-state index contributed by atoms with van der Waals surface area (Å²) in [6.45, 7) is 0.357. The van der Waals surface area contributed by atoms with Gasteiger partial charge in [-0.25, -0.2) is 8.42 Å².